The molecule has 0 fully saturated rings. The summed E-state index contributed by atoms with van der Waals surface area (Å²) < 4.78 is 0. The first-order valence-electron chi connectivity index (χ1n) is 7.59. The number of hydrogen-bond acceptors (Lipinski definition) is 3. The van der Waals surface area contributed by atoms with Gasteiger partial charge in [-0.25, -0.2) is 0 Å². The summed E-state index contributed by atoms with van der Waals surface area (Å²) in [6.07, 6.45) is 8.48. The normalized spacial score (nSPS) is 13.0. The van der Waals surface area contributed by atoms with Crippen LogP contribution < -0.4 is 0 Å². The van der Waals surface area contributed by atoms with Gasteiger partial charge in [-0.2, -0.15) is 0 Å². The number of rotatable bonds is 6. The molecule has 0 aliphatic rings. The van der Waals surface area contributed by atoms with Crippen molar-refractivity contribution in [3.63, 3.8) is 0 Å². The van der Waals surface area contributed by atoms with Crippen LogP contribution in [0.4, 0.5) is 5.69 Å². The lowest BCUT2D eigenvalue weighted by atomic mass is 10.0. The van der Waals surface area contributed by atoms with Gasteiger partial charge in [0.1, 0.15) is 0 Å². The number of aliphatic imine (C=N–C) groups is 1. The van der Waals surface area contributed by atoms with Crippen molar-refractivity contribution in [2.45, 2.75) is 33.1 Å². The molecule has 1 aromatic heterocycles. The number of thiophene rings is 1. The summed E-state index contributed by atoms with van der Waals surface area (Å²) in [4.78, 5) is 6.87. The molecule has 0 spiro atoms. The van der Waals surface area contributed by atoms with E-state index in [1.165, 1.54) is 22.2 Å². The molecule has 0 aliphatic carbocycles. The molecule has 2 rings (SSSR count). The van der Waals surface area contributed by atoms with Gasteiger partial charge in [-0.3, -0.25) is 4.99 Å². The highest BCUT2D eigenvalue weighted by Crippen LogP contribution is 2.36. The van der Waals surface area contributed by atoms with Crippen molar-refractivity contribution in [3.8, 4) is 0 Å². The lowest BCUT2D eigenvalue weighted by molar-refractivity contribution is 1.04. The maximum absolute atomic E-state index is 7.64. The van der Waals surface area contributed by atoms with Gasteiger partial charge in [-0.15, -0.1) is 11.3 Å². The zero-order valence-corrected chi connectivity index (χ0v) is 14.2. The Kier molecular flexibility index (Phi) is 5.84. The van der Waals surface area contributed by atoms with Crippen molar-refractivity contribution < 1.29 is 0 Å². The highest BCUT2D eigenvalue weighted by molar-refractivity contribution is 7.15. The number of nitrogens with one attached hydrogen (secondary N) is 1. The molecule has 0 saturated heterocycles. The molecule has 1 N–H and O–H groups in total. The molecule has 1 atom stereocenters. The first-order chi connectivity index (χ1) is 10.7. The van der Waals surface area contributed by atoms with Gasteiger partial charge in [-0.05, 0) is 30.5 Å². The lowest BCUT2D eigenvalue weighted by Crippen LogP contribution is -1.94. The number of nitrogens with zero attached hydrogens (tertiary/aromatic N) is 1. The Morgan fingerprint density at radius 3 is 2.55 bits per heavy atom. The minimum Gasteiger partial charge on any atom is -0.307 e. The molecule has 2 nitrogen and oxygen atoms in total. The highest BCUT2D eigenvalue weighted by Gasteiger charge is 2.13. The first-order valence-corrected chi connectivity index (χ1v) is 8.40. The third-order valence-electron chi connectivity index (χ3n) is 3.59. The summed E-state index contributed by atoms with van der Waals surface area (Å²) in [6, 6.07) is 10.4. The van der Waals surface area contributed by atoms with Crippen molar-refractivity contribution in [1.82, 2.24) is 0 Å². The quantitative estimate of drug-likeness (QED) is 0.650. The van der Waals surface area contributed by atoms with Crippen molar-refractivity contribution >= 4 is 35.5 Å². The molecule has 0 saturated carbocycles. The maximum Gasteiger partial charge on any atom is 0.0859 e. The van der Waals surface area contributed by atoms with Crippen LogP contribution in [0.2, 0.25) is 0 Å². The van der Waals surface area contributed by atoms with Crippen LogP contribution in [0.5, 0.6) is 0 Å². The van der Waals surface area contributed by atoms with Gasteiger partial charge < -0.3 is 5.41 Å². The van der Waals surface area contributed by atoms with E-state index in [9.17, 15) is 0 Å². The number of hydrogen-bond donors (Lipinski definition) is 1. The standard InChI is InChI=1S/C19H22N2S/c1-4-9-17-16(5-2)19(18(12-20)22-17)21-13-14(3)15-10-7-6-8-11-15/h4,6-14,20H,5H2,1-3H3/b9-4-,20-12?,21-13?. The first kappa shape index (κ1) is 16.4. The Bertz CT molecular complexity index is 681. The molecular weight excluding hydrogens is 288 g/mol. The summed E-state index contributed by atoms with van der Waals surface area (Å²) in [5.74, 6) is 0.259. The molecule has 3 heteroatoms. The monoisotopic (exact) mass is 310 g/mol. The zero-order chi connectivity index (χ0) is 15.9. The molecule has 114 valence electrons. The second kappa shape index (κ2) is 7.85. The fourth-order valence-electron chi connectivity index (χ4n) is 2.39. The molecule has 1 heterocycles. The van der Waals surface area contributed by atoms with Crippen LogP contribution >= 0.6 is 11.3 Å². The average Bonchev–Trinajstić information content (AvgIpc) is 2.90. The predicted octanol–water partition coefficient (Wildman–Crippen LogP) is 5.85. The van der Waals surface area contributed by atoms with Crippen LogP contribution in [0, 0.1) is 5.41 Å². The lowest BCUT2D eigenvalue weighted by Gasteiger charge is -2.06. The zero-order valence-electron chi connectivity index (χ0n) is 13.3. The van der Waals surface area contributed by atoms with E-state index in [1.54, 1.807) is 11.3 Å². The maximum atomic E-state index is 7.64. The highest BCUT2D eigenvalue weighted by atomic mass is 32.1. The van der Waals surface area contributed by atoms with Crippen LogP contribution in [0.25, 0.3) is 6.08 Å². The van der Waals surface area contributed by atoms with Gasteiger partial charge in [0.15, 0.2) is 0 Å². The van der Waals surface area contributed by atoms with Crippen molar-refractivity contribution in [2.24, 2.45) is 4.99 Å². The van der Waals surface area contributed by atoms with Gasteiger partial charge in [0.05, 0.1) is 10.6 Å². The molecule has 1 unspecified atom stereocenters. The van der Waals surface area contributed by atoms with Crippen molar-refractivity contribution in [2.75, 3.05) is 0 Å². The Morgan fingerprint density at radius 1 is 1.23 bits per heavy atom. The number of benzene rings is 1. The molecule has 22 heavy (non-hydrogen) atoms. The predicted molar refractivity (Wildman–Crippen MR) is 99.3 cm³/mol. The third kappa shape index (κ3) is 3.60. The minimum atomic E-state index is 0.259. The summed E-state index contributed by atoms with van der Waals surface area (Å²) in [7, 11) is 0. The summed E-state index contributed by atoms with van der Waals surface area (Å²) in [6.45, 7) is 6.31. The summed E-state index contributed by atoms with van der Waals surface area (Å²) in [5.41, 5.74) is 3.45. The van der Waals surface area contributed by atoms with Crippen LogP contribution in [0.3, 0.4) is 0 Å². The SMILES string of the molecule is C/C=C\c1sc(C=N)c(N=CC(C)c2ccccc2)c1CC. The summed E-state index contributed by atoms with van der Waals surface area (Å²) in [5, 5.41) is 7.64. The fourth-order valence-corrected chi connectivity index (χ4v) is 3.53. The van der Waals surface area contributed by atoms with Crippen LogP contribution in [0.1, 0.15) is 47.6 Å². The largest absolute Gasteiger partial charge is 0.307 e. The Morgan fingerprint density at radius 2 is 1.95 bits per heavy atom. The molecule has 0 aliphatic heterocycles. The molecule has 2 aromatic rings. The van der Waals surface area contributed by atoms with E-state index in [1.807, 2.05) is 25.3 Å². The molecule has 0 radical (unpaired) electrons. The van der Waals surface area contributed by atoms with Gasteiger partial charge in [0, 0.05) is 23.2 Å². The van der Waals surface area contributed by atoms with Crippen molar-refractivity contribution in [3.05, 3.63) is 57.3 Å². The van der Waals surface area contributed by atoms with E-state index in [-0.39, 0.29) is 5.92 Å². The van der Waals surface area contributed by atoms with Crippen LogP contribution in [-0.2, 0) is 6.42 Å². The van der Waals surface area contributed by atoms with Gasteiger partial charge in [-0.1, -0.05) is 50.3 Å². The molecular formula is C19H22N2S. The van der Waals surface area contributed by atoms with Gasteiger partial charge >= 0.3 is 0 Å². The van der Waals surface area contributed by atoms with Gasteiger partial charge in [0.25, 0.3) is 0 Å². The fraction of sp³-hybridized carbons (Fsp3) is 0.263. The Labute approximate surface area is 136 Å². The molecule has 1 aromatic carbocycles. The van der Waals surface area contributed by atoms with E-state index in [2.05, 4.69) is 44.2 Å². The van der Waals surface area contributed by atoms with E-state index in [4.69, 9.17) is 10.4 Å². The topological polar surface area (TPSA) is 36.2 Å². The smallest absolute Gasteiger partial charge is 0.0859 e. The summed E-state index contributed by atoms with van der Waals surface area (Å²) >= 11 is 1.64. The van der Waals surface area contributed by atoms with E-state index < -0.39 is 0 Å². The van der Waals surface area contributed by atoms with Crippen molar-refractivity contribution in [1.29, 1.82) is 5.41 Å². The molecule has 0 bridgehead atoms. The Hall–Kier alpha value is -2.00. The Balaban J connectivity index is 2.35. The average molecular weight is 310 g/mol. The van der Waals surface area contributed by atoms with Crippen LogP contribution in [0.15, 0.2) is 41.4 Å². The second-order valence-electron chi connectivity index (χ2n) is 5.13. The molecule has 0 amide bonds. The third-order valence-corrected chi connectivity index (χ3v) is 4.73. The van der Waals surface area contributed by atoms with Gasteiger partial charge in [0.2, 0.25) is 0 Å². The second-order valence-corrected chi connectivity index (χ2v) is 6.22. The van der Waals surface area contributed by atoms with E-state index >= 15 is 0 Å². The van der Waals surface area contributed by atoms with Crippen LogP contribution in [-0.4, -0.2) is 12.4 Å². The van der Waals surface area contributed by atoms with E-state index in [0.29, 0.717) is 0 Å². The number of allylic oxidation sites excluding steroid dienone is 1. The minimum absolute atomic E-state index is 0.259. The van der Waals surface area contributed by atoms with E-state index in [0.717, 1.165) is 17.0 Å².